The Morgan fingerprint density at radius 3 is 2.38 bits per heavy atom. The maximum atomic E-state index is 12.5. The van der Waals surface area contributed by atoms with Crippen LogP contribution in [0.2, 0.25) is 0 Å². The molecule has 5 nitrogen and oxygen atoms in total. The Balaban J connectivity index is 1.93. The first-order chi connectivity index (χ1) is 11.3. The standard InChI is InChI=1S/C19H28N2O3/c1-12-5-10-17(13(2)11-12)14(3)21(4)19(24)20-16-8-6-15(7-9-16)18(22)23/h5,10-11,14-16H,6-9H2,1-4H3,(H,20,24)(H,22,23). The molecule has 0 heterocycles. The minimum atomic E-state index is -0.722. The smallest absolute Gasteiger partial charge is 0.317 e. The molecule has 1 unspecified atom stereocenters. The van der Waals surface area contributed by atoms with Crippen molar-refractivity contribution in [2.75, 3.05) is 7.05 Å². The summed E-state index contributed by atoms with van der Waals surface area (Å²) in [5.41, 5.74) is 3.54. The number of carboxylic acids is 1. The molecule has 1 aromatic rings. The van der Waals surface area contributed by atoms with Gasteiger partial charge in [-0.1, -0.05) is 23.8 Å². The molecule has 1 aliphatic rings. The summed E-state index contributed by atoms with van der Waals surface area (Å²) < 4.78 is 0. The first-order valence-corrected chi connectivity index (χ1v) is 8.63. The van der Waals surface area contributed by atoms with Gasteiger partial charge in [0, 0.05) is 13.1 Å². The summed E-state index contributed by atoms with van der Waals surface area (Å²) in [5.74, 6) is -0.981. The zero-order chi connectivity index (χ0) is 17.9. The molecule has 24 heavy (non-hydrogen) atoms. The average Bonchev–Trinajstić information content (AvgIpc) is 2.54. The number of carbonyl (C=O) groups is 2. The quantitative estimate of drug-likeness (QED) is 0.884. The molecule has 0 aliphatic heterocycles. The number of benzene rings is 1. The average molecular weight is 332 g/mol. The van der Waals surface area contributed by atoms with Crippen molar-refractivity contribution in [2.24, 2.45) is 5.92 Å². The lowest BCUT2D eigenvalue weighted by Crippen LogP contribution is -2.45. The maximum absolute atomic E-state index is 12.5. The van der Waals surface area contributed by atoms with Crippen LogP contribution in [-0.2, 0) is 4.79 Å². The number of carbonyl (C=O) groups excluding carboxylic acids is 1. The van der Waals surface area contributed by atoms with Crippen molar-refractivity contribution in [2.45, 2.75) is 58.5 Å². The van der Waals surface area contributed by atoms with E-state index >= 15 is 0 Å². The Bertz CT molecular complexity index is 607. The van der Waals surface area contributed by atoms with E-state index in [0.29, 0.717) is 12.8 Å². The van der Waals surface area contributed by atoms with E-state index < -0.39 is 5.97 Å². The second kappa shape index (κ2) is 7.69. The Labute approximate surface area is 144 Å². The molecule has 1 aromatic carbocycles. The summed E-state index contributed by atoms with van der Waals surface area (Å²) in [6.07, 6.45) is 2.73. The predicted molar refractivity (Wildman–Crippen MR) is 94.0 cm³/mol. The van der Waals surface area contributed by atoms with Crippen LogP contribution in [0.1, 0.15) is 55.3 Å². The summed E-state index contributed by atoms with van der Waals surface area (Å²) in [6, 6.07) is 6.24. The van der Waals surface area contributed by atoms with E-state index in [1.807, 2.05) is 14.0 Å². The molecule has 2 N–H and O–H groups in total. The van der Waals surface area contributed by atoms with Gasteiger partial charge >= 0.3 is 12.0 Å². The highest BCUT2D eigenvalue weighted by Crippen LogP contribution is 2.26. The van der Waals surface area contributed by atoms with Gasteiger partial charge in [0.1, 0.15) is 0 Å². The Morgan fingerprint density at radius 1 is 1.21 bits per heavy atom. The number of rotatable bonds is 4. The summed E-state index contributed by atoms with van der Waals surface area (Å²) in [5, 5.41) is 12.1. The molecular weight excluding hydrogens is 304 g/mol. The molecule has 1 saturated carbocycles. The van der Waals surface area contributed by atoms with Crippen LogP contribution in [0.4, 0.5) is 4.79 Å². The fraction of sp³-hybridized carbons (Fsp3) is 0.579. The Morgan fingerprint density at radius 2 is 1.83 bits per heavy atom. The topological polar surface area (TPSA) is 69.6 Å². The lowest BCUT2D eigenvalue weighted by molar-refractivity contribution is -0.142. The minimum Gasteiger partial charge on any atom is -0.481 e. The highest BCUT2D eigenvalue weighted by atomic mass is 16.4. The summed E-state index contributed by atoms with van der Waals surface area (Å²) in [6.45, 7) is 6.15. The second-order valence-electron chi connectivity index (χ2n) is 6.98. The van der Waals surface area contributed by atoms with Gasteiger partial charge in [-0.25, -0.2) is 4.79 Å². The largest absolute Gasteiger partial charge is 0.481 e. The van der Waals surface area contributed by atoms with Crippen LogP contribution in [0.15, 0.2) is 18.2 Å². The highest BCUT2D eigenvalue weighted by Gasteiger charge is 2.28. The van der Waals surface area contributed by atoms with Gasteiger partial charge in [-0.2, -0.15) is 0 Å². The number of nitrogens with zero attached hydrogens (tertiary/aromatic N) is 1. The zero-order valence-electron chi connectivity index (χ0n) is 15.0. The molecule has 2 amide bonds. The predicted octanol–water partition coefficient (Wildman–Crippen LogP) is 3.65. The molecule has 1 fully saturated rings. The molecule has 0 radical (unpaired) electrons. The molecule has 1 aliphatic carbocycles. The molecule has 0 aromatic heterocycles. The van der Waals surface area contributed by atoms with Crippen molar-refractivity contribution in [3.8, 4) is 0 Å². The van der Waals surface area contributed by atoms with Crippen molar-refractivity contribution in [1.29, 1.82) is 0 Å². The van der Waals surface area contributed by atoms with Crippen molar-refractivity contribution in [3.05, 3.63) is 34.9 Å². The number of amides is 2. The van der Waals surface area contributed by atoms with E-state index in [0.717, 1.165) is 18.4 Å². The first kappa shape index (κ1) is 18.3. The van der Waals surface area contributed by atoms with E-state index in [1.165, 1.54) is 11.1 Å². The lowest BCUT2D eigenvalue weighted by atomic mass is 9.86. The number of nitrogens with one attached hydrogen (secondary N) is 1. The van der Waals surface area contributed by atoms with Gasteiger partial charge in [-0.05, 0) is 57.6 Å². The minimum absolute atomic E-state index is 0.0130. The Hall–Kier alpha value is -2.04. The highest BCUT2D eigenvalue weighted by molar-refractivity contribution is 5.75. The second-order valence-corrected chi connectivity index (χ2v) is 6.98. The van der Waals surface area contributed by atoms with Crippen LogP contribution in [0, 0.1) is 19.8 Å². The van der Waals surface area contributed by atoms with Gasteiger partial charge in [0.25, 0.3) is 0 Å². The molecule has 5 heteroatoms. The van der Waals surface area contributed by atoms with E-state index in [2.05, 4.69) is 37.4 Å². The van der Waals surface area contributed by atoms with E-state index in [9.17, 15) is 9.59 Å². The maximum Gasteiger partial charge on any atom is 0.317 e. The zero-order valence-corrected chi connectivity index (χ0v) is 15.0. The van der Waals surface area contributed by atoms with Gasteiger partial charge in [-0.3, -0.25) is 4.79 Å². The SMILES string of the molecule is Cc1ccc(C(C)N(C)C(=O)NC2CCC(C(=O)O)CC2)c(C)c1. The normalized spacial score (nSPS) is 21.8. The van der Waals surface area contributed by atoms with Crippen molar-refractivity contribution in [1.82, 2.24) is 10.2 Å². The Kier molecular flexibility index (Phi) is 5.86. The van der Waals surface area contributed by atoms with E-state index in [-0.39, 0.29) is 24.0 Å². The number of hydrogen-bond acceptors (Lipinski definition) is 2. The number of carboxylic acid groups (broad SMARTS) is 1. The van der Waals surface area contributed by atoms with Crippen molar-refractivity contribution in [3.63, 3.8) is 0 Å². The molecule has 0 saturated heterocycles. The summed E-state index contributed by atoms with van der Waals surface area (Å²) in [7, 11) is 1.81. The summed E-state index contributed by atoms with van der Waals surface area (Å²) >= 11 is 0. The van der Waals surface area contributed by atoms with Crippen LogP contribution < -0.4 is 5.32 Å². The van der Waals surface area contributed by atoms with Crippen LogP contribution >= 0.6 is 0 Å². The number of urea groups is 1. The third-order valence-electron chi connectivity index (χ3n) is 5.18. The van der Waals surface area contributed by atoms with Crippen LogP contribution in [0.25, 0.3) is 0 Å². The number of aryl methyl sites for hydroxylation is 2. The molecule has 2 rings (SSSR count). The van der Waals surface area contributed by atoms with Gasteiger partial charge in [0.2, 0.25) is 0 Å². The van der Waals surface area contributed by atoms with Crippen molar-refractivity contribution < 1.29 is 14.7 Å². The van der Waals surface area contributed by atoms with E-state index in [4.69, 9.17) is 5.11 Å². The van der Waals surface area contributed by atoms with Gasteiger partial charge in [-0.15, -0.1) is 0 Å². The fourth-order valence-electron chi connectivity index (χ4n) is 3.44. The molecule has 0 bridgehead atoms. The van der Waals surface area contributed by atoms with Gasteiger partial charge < -0.3 is 15.3 Å². The third-order valence-corrected chi connectivity index (χ3v) is 5.18. The monoisotopic (exact) mass is 332 g/mol. The van der Waals surface area contributed by atoms with Gasteiger partial charge in [0.15, 0.2) is 0 Å². The summed E-state index contributed by atoms with van der Waals surface area (Å²) in [4.78, 5) is 25.2. The third kappa shape index (κ3) is 4.28. The number of hydrogen-bond donors (Lipinski definition) is 2. The van der Waals surface area contributed by atoms with Crippen LogP contribution in [0.3, 0.4) is 0 Å². The van der Waals surface area contributed by atoms with E-state index in [1.54, 1.807) is 4.90 Å². The van der Waals surface area contributed by atoms with Crippen LogP contribution in [0.5, 0.6) is 0 Å². The van der Waals surface area contributed by atoms with Gasteiger partial charge in [0.05, 0.1) is 12.0 Å². The van der Waals surface area contributed by atoms with Crippen molar-refractivity contribution >= 4 is 12.0 Å². The molecule has 0 spiro atoms. The first-order valence-electron chi connectivity index (χ1n) is 8.63. The lowest BCUT2D eigenvalue weighted by Gasteiger charge is -2.31. The molecule has 132 valence electrons. The molecule has 1 atom stereocenters. The molecular formula is C19H28N2O3. The fourth-order valence-corrected chi connectivity index (χ4v) is 3.44. The van der Waals surface area contributed by atoms with Crippen LogP contribution in [-0.4, -0.2) is 35.1 Å². The number of aliphatic carboxylic acids is 1.